The molecule has 0 bridgehead atoms. The normalized spacial score (nSPS) is 26.5. The van der Waals surface area contributed by atoms with Crippen molar-refractivity contribution in [1.82, 2.24) is 0 Å². The lowest BCUT2D eigenvalue weighted by Crippen LogP contribution is -2.45. The van der Waals surface area contributed by atoms with Crippen LogP contribution in [0.5, 0.6) is 0 Å². The highest BCUT2D eigenvalue weighted by atomic mass is 16.8. The van der Waals surface area contributed by atoms with Gasteiger partial charge >= 0.3 is 0 Å². The zero-order valence-corrected chi connectivity index (χ0v) is 8.82. The van der Waals surface area contributed by atoms with Crippen molar-refractivity contribution in [2.45, 2.75) is 39.3 Å². The van der Waals surface area contributed by atoms with Crippen molar-refractivity contribution in [2.24, 2.45) is 5.16 Å². The van der Waals surface area contributed by atoms with Crippen LogP contribution in [-0.4, -0.2) is 36.1 Å². The quantitative estimate of drug-likeness (QED) is 0.673. The Hall–Kier alpha value is -0.650. The molecule has 0 aromatic heterocycles. The summed E-state index contributed by atoms with van der Waals surface area (Å²) in [6, 6.07) is 0. The van der Waals surface area contributed by atoms with E-state index in [1.165, 1.54) is 0 Å². The van der Waals surface area contributed by atoms with Gasteiger partial charge in [0.05, 0.1) is 12.1 Å². The first-order valence-corrected chi connectivity index (χ1v) is 4.79. The highest BCUT2D eigenvalue weighted by Gasteiger charge is 2.45. The molecule has 82 valence electrons. The third-order valence-corrected chi connectivity index (χ3v) is 1.87. The van der Waals surface area contributed by atoms with Crippen LogP contribution in [0.1, 0.15) is 27.2 Å². The summed E-state index contributed by atoms with van der Waals surface area (Å²) in [5.74, 6) is -1.46. The van der Waals surface area contributed by atoms with Gasteiger partial charge in [0, 0.05) is 13.2 Å². The lowest BCUT2D eigenvalue weighted by Gasteiger charge is -2.28. The van der Waals surface area contributed by atoms with E-state index in [0.29, 0.717) is 19.6 Å². The molecule has 0 radical (unpaired) electrons. The van der Waals surface area contributed by atoms with Gasteiger partial charge < -0.3 is 19.4 Å². The van der Waals surface area contributed by atoms with Gasteiger partial charge in [0.15, 0.2) is 0 Å². The minimum Gasteiger partial charge on any atom is -0.354 e. The first-order valence-electron chi connectivity index (χ1n) is 4.79. The van der Waals surface area contributed by atoms with Crippen molar-refractivity contribution in [2.75, 3.05) is 13.2 Å². The lowest BCUT2D eigenvalue weighted by atomic mass is 10.1. The molecule has 1 N–H and O–H groups in total. The predicted octanol–water partition coefficient (Wildman–Crippen LogP) is 0.870. The van der Waals surface area contributed by atoms with E-state index in [9.17, 15) is 5.11 Å². The van der Waals surface area contributed by atoms with E-state index >= 15 is 0 Å². The molecule has 1 atom stereocenters. The van der Waals surface area contributed by atoms with Crippen molar-refractivity contribution in [3.05, 3.63) is 0 Å². The Balaban J connectivity index is 2.58. The molecule has 0 spiro atoms. The topological polar surface area (TPSA) is 60.3 Å². The van der Waals surface area contributed by atoms with E-state index in [-0.39, 0.29) is 0 Å². The maximum atomic E-state index is 10.00. The molecule has 0 saturated heterocycles. The van der Waals surface area contributed by atoms with Crippen LogP contribution >= 0.6 is 0 Å². The minimum atomic E-state index is -1.46. The third-order valence-electron chi connectivity index (χ3n) is 1.87. The summed E-state index contributed by atoms with van der Waals surface area (Å²) in [5.41, 5.74) is 0.733. The fourth-order valence-electron chi connectivity index (χ4n) is 1.33. The van der Waals surface area contributed by atoms with E-state index < -0.39 is 12.1 Å². The van der Waals surface area contributed by atoms with Crippen LogP contribution in [0.15, 0.2) is 5.16 Å². The summed E-state index contributed by atoms with van der Waals surface area (Å²) >= 11 is 0. The van der Waals surface area contributed by atoms with Crippen LogP contribution in [0.3, 0.4) is 0 Å². The Morgan fingerprint density at radius 3 is 2.43 bits per heavy atom. The molecule has 0 aliphatic carbocycles. The molecule has 14 heavy (non-hydrogen) atoms. The highest BCUT2D eigenvalue weighted by Crippen LogP contribution is 2.27. The van der Waals surface area contributed by atoms with Crippen molar-refractivity contribution in [3.8, 4) is 0 Å². The molecule has 0 amide bonds. The Labute approximate surface area is 83.6 Å². The molecule has 1 unspecified atom stereocenters. The van der Waals surface area contributed by atoms with Crippen molar-refractivity contribution >= 4 is 5.71 Å². The van der Waals surface area contributed by atoms with Crippen molar-refractivity contribution in [3.63, 3.8) is 0 Å². The molecule has 0 aromatic carbocycles. The van der Waals surface area contributed by atoms with Crippen molar-refractivity contribution in [1.29, 1.82) is 0 Å². The minimum absolute atomic E-state index is 0.317. The lowest BCUT2D eigenvalue weighted by molar-refractivity contribution is -0.325. The van der Waals surface area contributed by atoms with Crippen LogP contribution in [-0.2, 0) is 14.3 Å². The summed E-state index contributed by atoms with van der Waals surface area (Å²) in [5, 5.41) is 13.7. The summed E-state index contributed by atoms with van der Waals surface area (Å²) in [4.78, 5) is 4.91. The second kappa shape index (κ2) is 4.72. The van der Waals surface area contributed by atoms with Crippen molar-refractivity contribution < 1.29 is 19.4 Å². The van der Waals surface area contributed by atoms with E-state index in [1.54, 1.807) is 6.92 Å². The fraction of sp³-hybridized carbons (Fsp3) is 0.889. The smallest absolute Gasteiger partial charge is 0.291 e. The Kier molecular flexibility index (Phi) is 3.86. The second-order valence-corrected chi connectivity index (χ2v) is 3.18. The maximum Gasteiger partial charge on any atom is 0.291 e. The monoisotopic (exact) mass is 203 g/mol. The van der Waals surface area contributed by atoms with Crippen LogP contribution in [0.2, 0.25) is 0 Å². The molecule has 1 heterocycles. The summed E-state index contributed by atoms with van der Waals surface area (Å²) in [7, 11) is 0. The van der Waals surface area contributed by atoms with Gasteiger partial charge in [-0.3, -0.25) is 0 Å². The van der Waals surface area contributed by atoms with Gasteiger partial charge in [-0.05, 0) is 20.8 Å². The Morgan fingerprint density at radius 2 is 2.07 bits per heavy atom. The van der Waals surface area contributed by atoms with E-state index in [4.69, 9.17) is 14.3 Å². The largest absolute Gasteiger partial charge is 0.354 e. The van der Waals surface area contributed by atoms with E-state index in [2.05, 4.69) is 5.16 Å². The van der Waals surface area contributed by atoms with Gasteiger partial charge in [-0.1, -0.05) is 5.16 Å². The molecule has 5 nitrogen and oxygen atoms in total. The maximum absolute atomic E-state index is 10.00. The first-order chi connectivity index (χ1) is 6.62. The average Bonchev–Trinajstić information content (AvgIpc) is 2.47. The van der Waals surface area contributed by atoms with Crippen LogP contribution in [0.4, 0.5) is 0 Å². The van der Waals surface area contributed by atoms with Gasteiger partial charge in [-0.25, -0.2) is 0 Å². The summed E-state index contributed by atoms with van der Waals surface area (Å²) < 4.78 is 10.5. The average molecular weight is 203 g/mol. The molecule has 0 fully saturated rings. The molecule has 1 aliphatic heterocycles. The van der Waals surface area contributed by atoms with Gasteiger partial charge in [0.1, 0.15) is 0 Å². The van der Waals surface area contributed by atoms with Gasteiger partial charge in [-0.2, -0.15) is 0 Å². The Morgan fingerprint density at radius 1 is 1.50 bits per heavy atom. The standard InChI is InChI=1S/C9H17NO4/c1-4-12-8(13-5-2)9(11)6-7(3)10-14-9/h8,11H,4-6H2,1-3H3. The molecule has 0 saturated carbocycles. The number of nitrogens with zero attached hydrogens (tertiary/aromatic N) is 1. The number of oxime groups is 1. The van der Waals surface area contributed by atoms with Crippen LogP contribution in [0.25, 0.3) is 0 Å². The van der Waals surface area contributed by atoms with Gasteiger partial charge in [0.25, 0.3) is 5.79 Å². The number of hydrogen-bond acceptors (Lipinski definition) is 5. The van der Waals surface area contributed by atoms with E-state index in [0.717, 1.165) is 5.71 Å². The molecule has 1 rings (SSSR count). The number of aliphatic hydroxyl groups is 1. The van der Waals surface area contributed by atoms with Crippen LogP contribution < -0.4 is 0 Å². The first kappa shape index (κ1) is 11.4. The second-order valence-electron chi connectivity index (χ2n) is 3.18. The Bertz CT molecular complexity index is 213. The van der Waals surface area contributed by atoms with Gasteiger partial charge in [0.2, 0.25) is 6.29 Å². The molecular weight excluding hydrogens is 186 g/mol. The zero-order chi connectivity index (χ0) is 10.6. The van der Waals surface area contributed by atoms with Gasteiger partial charge in [-0.15, -0.1) is 0 Å². The van der Waals surface area contributed by atoms with E-state index in [1.807, 2.05) is 13.8 Å². The highest BCUT2D eigenvalue weighted by molar-refractivity contribution is 5.83. The molecular formula is C9H17NO4. The zero-order valence-electron chi connectivity index (χ0n) is 8.82. The molecule has 1 aliphatic rings. The number of ether oxygens (including phenoxy) is 2. The van der Waals surface area contributed by atoms with Crippen LogP contribution in [0, 0.1) is 0 Å². The summed E-state index contributed by atoms with van der Waals surface area (Å²) in [6.07, 6.45) is -0.462. The molecule has 0 aromatic rings. The summed E-state index contributed by atoms with van der Waals surface area (Å²) in [6.45, 7) is 6.35. The molecule has 5 heteroatoms. The fourth-order valence-corrected chi connectivity index (χ4v) is 1.33. The predicted molar refractivity (Wildman–Crippen MR) is 50.8 cm³/mol. The number of rotatable bonds is 5. The third kappa shape index (κ3) is 2.43. The SMILES string of the molecule is CCOC(OCC)C1(O)CC(C)=NO1. The number of hydrogen-bond donors (Lipinski definition) is 1.